The molecule has 0 radical (unpaired) electrons. The van der Waals surface area contributed by atoms with Gasteiger partial charge in [-0.1, -0.05) is 67.5 Å². The zero-order valence-electron chi connectivity index (χ0n) is 11.1. The molecular weight excluding hydrogens is 323 g/mol. The smallest absolute Gasteiger partial charge is 0.330 e. The molecule has 1 atom stereocenters. The molecule has 20 heavy (non-hydrogen) atoms. The third kappa shape index (κ3) is 5.11. The summed E-state index contributed by atoms with van der Waals surface area (Å²) in [5.74, 6) is -1.79. The molecule has 1 heterocycles. The summed E-state index contributed by atoms with van der Waals surface area (Å²) in [4.78, 5) is 26.7. The van der Waals surface area contributed by atoms with Crippen molar-refractivity contribution < 1.29 is 14.7 Å². The molecule has 8 heteroatoms. The second kappa shape index (κ2) is 6.56. The van der Waals surface area contributed by atoms with Gasteiger partial charge in [0.1, 0.15) is 10.4 Å². The normalized spacial score (nSPS) is 13.4. The molecule has 1 amide bonds. The van der Waals surface area contributed by atoms with Crippen LogP contribution in [0, 0.1) is 5.41 Å². The van der Waals surface area contributed by atoms with Gasteiger partial charge in [0.05, 0.1) is 0 Å². The molecule has 0 aromatic carbocycles. The van der Waals surface area contributed by atoms with Crippen LogP contribution in [-0.2, 0) is 4.79 Å². The van der Waals surface area contributed by atoms with Crippen molar-refractivity contribution in [2.45, 2.75) is 26.8 Å². The predicted molar refractivity (Wildman–Crippen MR) is 79.6 cm³/mol. The topological polar surface area (TPSA) is 79.3 Å². The van der Waals surface area contributed by atoms with Crippen molar-refractivity contribution in [3.63, 3.8) is 0 Å². The average molecular weight is 337 g/mol. The maximum Gasteiger partial charge on any atom is 0.330 e. The molecule has 1 aromatic rings. The standard InChI is InChI=1S/C12H14Cl2N2O3S/c1-12(2,3)5-4-6(11(18)19)15-9(17)10-16-7(13)8(14)20-10/h4-6H,1-3H3,(H,15,17)(H,18,19). The predicted octanol–water partition coefficient (Wildman–Crippen LogP) is 3.24. The molecule has 1 aromatic heterocycles. The highest BCUT2D eigenvalue weighted by Crippen LogP contribution is 2.28. The van der Waals surface area contributed by atoms with Gasteiger partial charge in [0.25, 0.3) is 5.91 Å². The van der Waals surface area contributed by atoms with E-state index in [0.29, 0.717) is 0 Å². The largest absolute Gasteiger partial charge is 0.479 e. The number of rotatable bonds is 4. The first kappa shape index (κ1) is 16.9. The Labute approximate surface area is 130 Å². The fraction of sp³-hybridized carbons (Fsp3) is 0.417. The number of halogens is 2. The number of carbonyl (C=O) groups is 2. The Balaban J connectivity index is 2.83. The molecule has 5 nitrogen and oxygen atoms in total. The fourth-order valence-corrected chi connectivity index (χ4v) is 2.26. The molecular formula is C12H14Cl2N2O3S. The van der Waals surface area contributed by atoms with Crippen LogP contribution in [0.25, 0.3) is 0 Å². The minimum atomic E-state index is -1.16. The SMILES string of the molecule is CC(C)(C)C=CC(NC(=O)c1nc(Cl)c(Cl)s1)C(=O)O. The first-order chi connectivity index (χ1) is 9.10. The maximum atomic E-state index is 11.9. The van der Waals surface area contributed by atoms with Crippen LogP contribution in [0.2, 0.25) is 9.49 Å². The number of hydrogen-bond donors (Lipinski definition) is 2. The van der Waals surface area contributed by atoms with Crippen molar-refractivity contribution in [2.24, 2.45) is 5.41 Å². The highest BCUT2D eigenvalue weighted by atomic mass is 35.5. The van der Waals surface area contributed by atoms with Crippen LogP contribution in [0.15, 0.2) is 12.2 Å². The van der Waals surface area contributed by atoms with E-state index in [1.807, 2.05) is 20.8 Å². The molecule has 0 fully saturated rings. The van der Waals surface area contributed by atoms with Crippen molar-refractivity contribution in [1.82, 2.24) is 10.3 Å². The summed E-state index contributed by atoms with van der Waals surface area (Å²) in [6.07, 6.45) is 3.14. The molecule has 1 unspecified atom stereocenters. The molecule has 0 bridgehead atoms. The summed E-state index contributed by atoms with van der Waals surface area (Å²) in [5, 5.41) is 11.5. The van der Waals surface area contributed by atoms with E-state index in [2.05, 4.69) is 10.3 Å². The molecule has 0 saturated carbocycles. The summed E-state index contributed by atoms with van der Waals surface area (Å²) < 4.78 is 0.189. The quantitative estimate of drug-likeness (QED) is 0.827. The van der Waals surface area contributed by atoms with E-state index in [1.54, 1.807) is 6.08 Å². The van der Waals surface area contributed by atoms with Gasteiger partial charge in [-0.25, -0.2) is 9.78 Å². The van der Waals surface area contributed by atoms with Gasteiger partial charge in [-0.2, -0.15) is 0 Å². The Bertz CT molecular complexity index is 530. The molecule has 0 spiro atoms. The number of aliphatic carboxylic acids is 1. The van der Waals surface area contributed by atoms with Gasteiger partial charge in [-0.3, -0.25) is 4.79 Å². The molecule has 0 aliphatic heterocycles. The molecule has 2 N–H and O–H groups in total. The van der Waals surface area contributed by atoms with E-state index in [4.69, 9.17) is 28.3 Å². The van der Waals surface area contributed by atoms with E-state index < -0.39 is 17.9 Å². The third-order valence-corrected chi connectivity index (χ3v) is 3.82. The van der Waals surface area contributed by atoms with Crippen LogP contribution in [0.5, 0.6) is 0 Å². The van der Waals surface area contributed by atoms with Gasteiger partial charge in [0.2, 0.25) is 0 Å². The Hall–Kier alpha value is -1.11. The molecule has 0 aliphatic carbocycles. The van der Waals surface area contributed by atoms with Crippen LogP contribution in [0.3, 0.4) is 0 Å². The van der Waals surface area contributed by atoms with Gasteiger partial charge in [0.15, 0.2) is 10.2 Å². The summed E-state index contributed by atoms with van der Waals surface area (Å²) in [6.45, 7) is 5.76. The van der Waals surface area contributed by atoms with Crippen LogP contribution >= 0.6 is 34.5 Å². The van der Waals surface area contributed by atoms with Crippen molar-refractivity contribution in [1.29, 1.82) is 0 Å². The summed E-state index contributed by atoms with van der Waals surface area (Å²) in [7, 11) is 0. The van der Waals surface area contributed by atoms with Crippen LogP contribution in [-0.4, -0.2) is 28.0 Å². The van der Waals surface area contributed by atoms with Gasteiger partial charge in [-0.15, -0.1) is 0 Å². The fourth-order valence-electron chi connectivity index (χ4n) is 1.16. The number of carboxylic acids is 1. The van der Waals surface area contributed by atoms with Gasteiger partial charge >= 0.3 is 5.97 Å². The Morgan fingerprint density at radius 1 is 1.40 bits per heavy atom. The summed E-state index contributed by atoms with van der Waals surface area (Å²) in [5.41, 5.74) is -0.188. The van der Waals surface area contributed by atoms with Crippen LogP contribution in [0.1, 0.15) is 30.6 Å². The molecule has 0 saturated heterocycles. The number of nitrogens with one attached hydrogen (secondary N) is 1. The lowest BCUT2D eigenvalue weighted by atomic mass is 9.95. The highest BCUT2D eigenvalue weighted by Gasteiger charge is 2.21. The first-order valence-corrected chi connectivity index (χ1v) is 7.22. The number of thiazole rings is 1. The lowest BCUT2D eigenvalue weighted by Gasteiger charge is -2.14. The van der Waals surface area contributed by atoms with Gasteiger partial charge < -0.3 is 10.4 Å². The molecule has 0 aliphatic rings. The minimum absolute atomic E-state index is 0.0235. The number of aromatic nitrogens is 1. The number of carboxylic acid groups (broad SMARTS) is 1. The number of nitrogens with zero attached hydrogens (tertiary/aromatic N) is 1. The molecule has 1 rings (SSSR count). The first-order valence-electron chi connectivity index (χ1n) is 5.65. The van der Waals surface area contributed by atoms with E-state index in [0.717, 1.165) is 11.3 Å². The van der Waals surface area contributed by atoms with Crippen molar-refractivity contribution >= 4 is 46.4 Å². The lowest BCUT2D eigenvalue weighted by Crippen LogP contribution is -2.39. The van der Waals surface area contributed by atoms with E-state index in [9.17, 15) is 9.59 Å². The monoisotopic (exact) mass is 336 g/mol. The summed E-state index contributed by atoms with van der Waals surface area (Å²) >= 11 is 12.3. The van der Waals surface area contributed by atoms with Crippen LogP contribution < -0.4 is 5.32 Å². The van der Waals surface area contributed by atoms with E-state index >= 15 is 0 Å². The Morgan fingerprint density at radius 2 is 2.00 bits per heavy atom. The molecule has 110 valence electrons. The van der Waals surface area contributed by atoms with Gasteiger partial charge in [0, 0.05) is 0 Å². The number of carbonyl (C=O) groups excluding carboxylic acids is 1. The zero-order valence-corrected chi connectivity index (χ0v) is 13.4. The number of amides is 1. The average Bonchev–Trinajstić information content (AvgIpc) is 2.63. The van der Waals surface area contributed by atoms with E-state index in [1.165, 1.54) is 6.08 Å². The second-order valence-corrected chi connectivity index (χ2v) is 7.06. The zero-order chi connectivity index (χ0) is 15.5. The third-order valence-electron chi connectivity index (χ3n) is 2.08. The Kier molecular flexibility index (Phi) is 5.56. The Morgan fingerprint density at radius 3 is 2.40 bits per heavy atom. The minimum Gasteiger partial charge on any atom is -0.479 e. The lowest BCUT2D eigenvalue weighted by molar-refractivity contribution is -0.137. The second-order valence-electron chi connectivity index (χ2n) is 5.10. The van der Waals surface area contributed by atoms with Gasteiger partial charge in [-0.05, 0) is 5.41 Å². The van der Waals surface area contributed by atoms with E-state index in [-0.39, 0.29) is 19.9 Å². The number of hydrogen-bond acceptors (Lipinski definition) is 4. The maximum absolute atomic E-state index is 11.9. The highest BCUT2D eigenvalue weighted by molar-refractivity contribution is 7.18. The number of allylic oxidation sites excluding steroid dienone is 1. The van der Waals surface area contributed by atoms with Crippen molar-refractivity contribution in [3.8, 4) is 0 Å². The van der Waals surface area contributed by atoms with Crippen molar-refractivity contribution in [3.05, 3.63) is 26.6 Å². The summed E-state index contributed by atoms with van der Waals surface area (Å²) in [6, 6.07) is -1.14. The van der Waals surface area contributed by atoms with Crippen LogP contribution in [0.4, 0.5) is 0 Å². The van der Waals surface area contributed by atoms with Crippen molar-refractivity contribution in [2.75, 3.05) is 0 Å².